The molecular formula is C13H26N2. The van der Waals surface area contributed by atoms with Crippen molar-refractivity contribution in [3.05, 3.63) is 0 Å². The molecule has 1 saturated carbocycles. The lowest BCUT2D eigenvalue weighted by Crippen LogP contribution is -2.50. The lowest BCUT2D eigenvalue weighted by Gasteiger charge is -2.33. The van der Waals surface area contributed by atoms with Gasteiger partial charge < -0.3 is 10.2 Å². The molecule has 88 valence electrons. The van der Waals surface area contributed by atoms with Crippen LogP contribution in [0.2, 0.25) is 0 Å². The third-order valence-electron chi connectivity index (χ3n) is 4.20. The standard InChI is InChI=1S/C13H26N2/c1-3-12-4-5-13(8-12)10-15-7-6-14-11(2)9-15/h11-14H,3-10H2,1-2H3. The largest absolute Gasteiger partial charge is 0.312 e. The summed E-state index contributed by atoms with van der Waals surface area (Å²) in [5.74, 6) is 2.04. The van der Waals surface area contributed by atoms with Gasteiger partial charge in [-0.25, -0.2) is 0 Å². The van der Waals surface area contributed by atoms with E-state index in [1.54, 1.807) is 0 Å². The molecule has 15 heavy (non-hydrogen) atoms. The zero-order chi connectivity index (χ0) is 10.7. The fourth-order valence-corrected chi connectivity index (χ4v) is 3.26. The highest BCUT2D eigenvalue weighted by Crippen LogP contribution is 2.33. The molecule has 3 atom stereocenters. The summed E-state index contributed by atoms with van der Waals surface area (Å²) in [5.41, 5.74) is 0. The molecule has 1 saturated heterocycles. The highest BCUT2D eigenvalue weighted by Gasteiger charge is 2.26. The normalized spacial score (nSPS) is 38.4. The van der Waals surface area contributed by atoms with E-state index in [2.05, 4.69) is 24.1 Å². The Balaban J connectivity index is 1.72. The van der Waals surface area contributed by atoms with Crippen LogP contribution in [0.4, 0.5) is 0 Å². The fourth-order valence-electron chi connectivity index (χ4n) is 3.26. The molecule has 2 aliphatic rings. The van der Waals surface area contributed by atoms with E-state index in [1.165, 1.54) is 51.9 Å². The quantitative estimate of drug-likeness (QED) is 0.767. The molecule has 0 aromatic heterocycles. The first-order chi connectivity index (χ1) is 7.28. The second-order valence-corrected chi connectivity index (χ2v) is 5.57. The molecule has 2 fully saturated rings. The summed E-state index contributed by atoms with van der Waals surface area (Å²) < 4.78 is 0. The molecule has 1 aliphatic carbocycles. The van der Waals surface area contributed by atoms with Crippen molar-refractivity contribution in [2.75, 3.05) is 26.2 Å². The number of piperazine rings is 1. The summed E-state index contributed by atoms with van der Waals surface area (Å²) in [6, 6.07) is 0.696. The van der Waals surface area contributed by atoms with E-state index in [0.29, 0.717) is 6.04 Å². The van der Waals surface area contributed by atoms with Gasteiger partial charge in [-0.1, -0.05) is 19.8 Å². The molecule has 0 spiro atoms. The zero-order valence-corrected chi connectivity index (χ0v) is 10.3. The minimum atomic E-state index is 0.696. The highest BCUT2D eigenvalue weighted by atomic mass is 15.2. The van der Waals surface area contributed by atoms with Gasteiger partial charge in [0.1, 0.15) is 0 Å². The van der Waals surface area contributed by atoms with Gasteiger partial charge in [-0.05, 0) is 31.6 Å². The van der Waals surface area contributed by atoms with Gasteiger partial charge in [0.25, 0.3) is 0 Å². The summed E-state index contributed by atoms with van der Waals surface area (Å²) in [6.07, 6.45) is 5.86. The highest BCUT2D eigenvalue weighted by molar-refractivity contribution is 4.81. The van der Waals surface area contributed by atoms with Crippen molar-refractivity contribution in [3.63, 3.8) is 0 Å². The number of hydrogen-bond acceptors (Lipinski definition) is 2. The topological polar surface area (TPSA) is 15.3 Å². The molecule has 0 aromatic carbocycles. The van der Waals surface area contributed by atoms with E-state index in [0.717, 1.165) is 11.8 Å². The van der Waals surface area contributed by atoms with Gasteiger partial charge in [-0.2, -0.15) is 0 Å². The first-order valence-corrected chi connectivity index (χ1v) is 6.73. The lowest BCUT2D eigenvalue weighted by molar-refractivity contribution is 0.178. The maximum Gasteiger partial charge on any atom is 0.0167 e. The van der Waals surface area contributed by atoms with Gasteiger partial charge in [0.05, 0.1) is 0 Å². The minimum Gasteiger partial charge on any atom is -0.312 e. The Morgan fingerprint density at radius 3 is 2.73 bits per heavy atom. The molecule has 0 amide bonds. The van der Waals surface area contributed by atoms with Crippen LogP contribution in [0, 0.1) is 11.8 Å². The van der Waals surface area contributed by atoms with Crippen molar-refractivity contribution in [3.8, 4) is 0 Å². The van der Waals surface area contributed by atoms with E-state index < -0.39 is 0 Å². The number of rotatable bonds is 3. The maximum atomic E-state index is 3.52. The van der Waals surface area contributed by atoms with Crippen molar-refractivity contribution >= 4 is 0 Å². The van der Waals surface area contributed by atoms with Crippen molar-refractivity contribution in [1.82, 2.24) is 10.2 Å². The first-order valence-electron chi connectivity index (χ1n) is 6.73. The van der Waals surface area contributed by atoms with Gasteiger partial charge in [-0.3, -0.25) is 0 Å². The SMILES string of the molecule is CCC1CCC(CN2CCNC(C)C2)C1. The predicted molar refractivity (Wildman–Crippen MR) is 65.0 cm³/mol. The molecular weight excluding hydrogens is 184 g/mol. The Morgan fingerprint density at radius 2 is 2.07 bits per heavy atom. The molecule has 0 aromatic rings. The van der Waals surface area contributed by atoms with Crippen molar-refractivity contribution < 1.29 is 0 Å². The number of nitrogens with one attached hydrogen (secondary N) is 1. The van der Waals surface area contributed by atoms with Gasteiger partial charge >= 0.3 is 0 Å². The van der Waals surface area contributed by atoms with Crippen LogP contribution in [0.15, 0.2) is 0 Å². The van der Waals surface area contributed by atoms with E-state index in [-0.39, 0.29) is 0 Å². The van der Waals surface area contributed by atoms with E-state index in [4.69, 9.17) is 0 Å². The van der Waals surface area contributed by atoms with E-state index in [1.807, 2.05) is 0 Å². The minimum absolute atomic E-state index is 0.696. The van der Waals surface area contributed by atoms with Gasteiger partial charge in [0.2, 0.25) is 0 Å². The molecule has 3 unspecified atom stereocenters. The molecule has 2 rings (SSSR count). The van der Waals surface area contributed by atoms with Crippen molar-refractivity contribution in [1.29, 1.82) is 0 Å². The average molecular weight is 210 g/mol. The van der Waals surface area contributed by atoms with Crippen LogP contribution in [0.5, 0.6) is 0 Å². The summed E-state index contributed by atoms with van der Waals surface area (Å²) >= 11 is 0. The lowest BCUT2D eigenvalue weighted by atomic mass is 10.0. The van der Waals surface area contributed by atoms with Gasteiger partial charge in [0.15, 0.2) is 0 Å². The third kappa shape index (κ3) is 3.18. The maximum absolute atomic E-state index is 3.52. The van der Waals surface area contributed by atoms with Gasteiger partial charge in [0, 0.05) is 32.2 Å². The fraction of sp³-hybridized carbons (Fsp3) is 1.00. The number of hydrogen-bond donors (Lipinski definition) is 1. The summed E-state index contributed by atoms with van der Waals surface area (Å²) in [7, 11) is 0. The molecule has 2 heteroatoms. The average Bonchev–Trinajstić information content (AvgIpc) is 2.65. The Hall–Kier alpha value is -0.0800. The monoisotopic (exact) mass is 210 g/mol. The predicted octanol–water partition coefficient (Wildman–Crippen LogP) is 2.11. The van der Waals surface area contributed by atoms with Crippen LogP contribution >= 0.6 is 0 Å². The van der Waals surface area contributed by atoms with E-state index in [9.17, 15) is 0 Å². The summed E-state index contributed by atoms with van der Waals surface area (Å²) in [4.78, 5) is 2.67. The van der Waals surface area contributed by atoms with Gasteiger partial charge in [-0.15, -0.1) is 0 Å². The van der Waals surface area contributed by atoms with Crippen LogP contribution in [-0.4, -0.2) is 37.1 Å². The molecule has 2 nitrogen and oxygen atoms in total. The van der Waals surface area contributed by atoms with Crippen molar-refractivity contribution in [2.24, 2.45) is 11.8 Å². The van der Waals surface area contributed by atoms with Crippen LogP contribution < -0.4 is 5.32 Å². The zero-order valence-electron chi connectivity index (χ0n) is 10.3. The summed E-state index contributed by atoms with van der Waals surface area (Å²) in [6.45, 7) is 9.72. The van der Waals surface area contributed by atoms with Crippen LogP contribution in [0.25, 0.3) is 0 Å². The number of nitrogens with zero attached hydrogens (tertiary/aromatic N) is 1. The molecule has 0 radical (unpaired) electrons. The first kappa shape index (κ1) is 11.4. The summed E-state index contributed by atoms with van der Waals surface area (Å²) in [5, 5.41) is 3.52. The van der Waals surface area contributed by atoms with Crippen LogP contribution in [0.1, 0.15) is 39.5 Å². The third-order valence-corrected chi connectivity index (χ3v) is 4.20. The van der Waals surface area contributed by atoms with E-state index >= 15 is 0 Å². The molecule has 1 N–H and O–H groups in total. The Labute approximate surface area is 94.4 Å². The van der Waals surface area contributed by atoms with Crippen molar-refractivity contribution in [2.45, 2.75) is 45.6 Å². The molecule has 0 bridgehead atoms. The molecule has 1 aliphatic heterocycles. The Kier molecular flexibility index (Phi) is 4.04. The van der Waals surface area contributed by atoms with Crippen LogP contribution in [0.3, 0.4) is 0 Å². The second kappa shape index (κ2) is 5.31. The van der Waals surface area contributed by atoms with Crippen LogP contribution in [-0.2, 0) is 0 Å². The Morgan fingerprint density at radius 1 is 1.27 bits per heavy atom. The second-order valence-electron chi connectivity index (χ2n) is 5.57. The smallest absolute Gasteiger partial charge is 0.0167 e. The Bertz CT molecular complexity index is 193. The molecule has 1 heterocycles.